The molecular weight excluding hydrogens is 364 g/mol. The summed E-state index contributed by atoms with van der Waals surface area (Å²) in [7, 11) is -3.99. The molecular formula is C17H25F2N3O3S. The Bertz CT molecular complexity index is 722. The highest BCUT2D eigenvalue weighted by molar-refractivity contribution is 7.89. The SMILES string of the molecule is CC(CNC(=O)CCNS(=O)(=O)c1ccc(F)c(F)c1)CN1CCCC1. The second-order valence-corrected chi connectivity index (χ2v) is 8.41. The summed E-state index contributed by atoms with van der Waals surface area (Å²) in [5.74, 6) is -2.30. The fourth-order valence-electron chi connectivity index (χ4n) is 2.87. The first-order valence-electron chi connectivity index (χ1n) is 8.71. The molecule has 0 saturated carbocycles. The number of nitrogens with zero attached hydrogens (tertiary/aromatic N) is 1. The van der Waals surface area contributed by atoms with Crippen molar-refractivity contribution in [1.29, 1.82) is 0 Å². The number of hydrogen-bond donors (Lipinski definition) is 2. The Balaban J connectivity index is 1.70. The van der Waals surface area contributed by atoms with Crippen LogP contribution in [0.5, 0.6) is 0 Å². The van der Waals surface area contributed by atoms with E-state index in [1.54, 1.807) is 0 Å². The zero-order valence-corrected chi connectivity index (χ0v) is 15.6. The van der Waals surface area contributed by atoms with E-state index in [0.717, 1.165) is 31.8 Å². The number of carbonyl (C=O) groups excluding carboxylic acids is 1. The van der Waals surface area contributed by atoms with E-state index < -0.39 is 21.7 Å². The second-order valence-electron chi connectivity index (χ2n) is 6.64. The molecule has 1 amide bonds. The van der Waals surface area contributed by atoms with E-state index in [0.29, 0.717) is 18.5 Å². The van der Waals surface area contributed by atoms with Crippen LogP contribution >= 0.6 is 0 Å². The van der Waals surface area contributed by atoms with Gasteiger partial charge in [-0.05, 0) is 50.0 Å². The van der Waals surface area contributed by atoms with Crippen molar-refractivity contribution in [3.05, 3.63) is 29.8 Å². The number of carbonyl (C=O) groups is 1. The number of amides is 1. The molecule has 1 aliphatic rings. The summed E-state index contributed by atoms with van der Waals surface area (Å²) in [6, 6.07) is 2.33. The number of nitrogens with one attached hydrogen (secondary N) is 2. The van der Waals surface area contributed by atoms with E-state index >= 15 is 0 Å². The van der Waals surface area contributed by atoms with Gasteiger partial charge in [-0.15, -0.1) is 0 Å². The van der Waals surface area contributed by atoms with E-state index in [1.165, 1.54) is 12.8 Å². The predicted molar refractivity (Wildman–Crippen MR) is 94.0 cm³/mol. The number of likely N-dealkylation sites (tertiary alicyclic amines) is 1. The first kappa shape index (κ1) is 20.7. The van der Waals surface area contributed by atoms with Crippen LogP contribution < -0.4 is 10.0 Å². The maximum absolute atomic E-state index is 13.1. The van der Waals surface area contributed by atoms with Gasteiger partial charge in [0.25, 0.3) is 0 Å². The van der Waals surface area contributed by atoms with Crippen molar-refractivity contribution in [3.63, 3.8) is 0 Å². The van der Waals surface area contributed by atoms with E-state index in [9.17, 15) is 22.0 Å². The average molecular weight is 389 g/mol. The molecule has 1 unspecified atom stereocenters. The topological polar surface area (TPSA) is 78.5 Å². The summed E-state index contributed by atoms with van der Waals surface area (Å²) in [6.45, 7) is 5.61. The monoisotopic (exact) mass is 389 g/mol. The number of rotatable bonds is 9. The fraction of sp³-hybridized carbons (Fsp3) is 0.588. The molecule has 1 fully saturated rings. The van der Waals surface area contributed by atoms with Crippen LogP contribution in [0.25, 0.3) is 0 Å². The standard InChI is InChI=1S/C17H25F2N3O3S/c1-13(12-22-8-2-3-9-22)11-20-17(23)6-7-21-26(24,25)14-4-5-15(18)16(19)10-14/h4-5,10,13,21H,2-3,6-9,11-12H2,1H3,(H,20,23). The summed E-state index contributed by atoms with van der Waals surface area (Å²) in [6.07, 6.45) is 2.41. The molecule has 0 radical (unpaired) electrons. The maximum atomic E-state index is 13.1. The van der Waals surface area contributed by atoms with Crippen LogP contribution in [-0.4, -0.2) is 51.9 Å². The minimum Gasteiger partial charge on any atom is -0.356 e. The third-order valence-electron chi connectivity index (χ3n) is 4.26. The lowest BCUT2D eigenvalue weighted by Crippen LogP contribution is -2.36. The van der Waals surface area contributed by atoms with Crippen molar-refractivity contribution >= 4 is 15.9 Å². The van der Waals surface area contributed by atoms with E-state index in [-0.39, 0.29) is 23.8 Å². The molecule has 1 saturated heterocycles. The molecule has 2 rings (SSSR count). The molecule has 1 heterocycles. The lowest BCUT2D eigenvalue weighted by atomic mass is 10.1. The Kier molecular flexibility index (Phi) is 7.48. The number of sulfonamides is 1. The van der Waals surface area contributed by atoms with Gasteiger partial charge in [-0.2, -0.15) is 0 Å². The van der Waals surface area contributed by atoms with E-state index in [2.05, 4.69) is 21.9 Å². The van der Waals surface area contributed by atoms with Crippen molar-refractivity contribution in [2.45, 2.75) is 31.1 Å². The number of hydrogen-bond acceptors (Lipinski definition) is 4. The normalized spacial score (nSPS) is 16.6. The van der Waals surface area contributed by atoms with E-state index in [4.69, 9.17) is 0 Å². The molecule has 0 aliphatic carbocycles. The van der Waals surface area contributed by atoms with Crippen LogP contribution in [0.4, 0.5) is 8.78 Å². The van der Waals surface area contributed by atoms with Crippen LogP contribution in [0, 0.1) is 17.6 Å². The van der Waals surface area contributed by atoms with Gasteiger partial charge in [0.1, 0.15) is 0 Å². The quantitative estimate of drug-likeness (QED) is 0.671. The minimum atomic E-state index is -3.99. The first-order chi connectivity index (χ1) is 12.3. The van der Waals surface area contributed by atoms with Gasteiger partial charge in [-0.1, -0.05) is 6.92 Å². The summed E-state index contributed by atoms with van der Waals surface area (Å²) in [5.41, 5.74) is 0. The molecule has 9 heteroatoms. The maximum Gasteiger partial charge on any atom is 0.240 e. The van der Waals surface area contributed by atoms with E-state index in [1.807, 2.05) is 0 Å². The molecule has 1 aliphatic heterocycles. The Morgan fingerprint density at radius 2 is 1.92 bits per heavy atom. The average Bonchev–Trinajstić information content (AvgIpc) is 3.08. The van der Waals surface area contributed by atoms with Crippen molar-refractivity contribution in [2.24, 2.45) is 5.92 Å². The van der Waals surface area contributed by atoms with Crippen molar-refractivity contribution in [1.82, 2.24) is 14.9 Å². The Labute approximate surface area is 153 Å². The Morgan fingerprint density at radius 1 is 1.23 bits per heavy atom. The minimum absolute atomic E-state index is 0.0284. The third-order valence-corrected chi connectivity index (χ3v) is 5.72. The largest absolute Gasteiger partial charge is 0.356 e. The molecule has 146 valence electrons. The molecule has 0 spiro atoms. The first-order valence-corrected chi connectivity index (χ1v) is 10.2. The zero-order chi connectivity index (χ0) is 19.2. The molecule has 0 bridgehead atoms. The van der Waals surface area contributed by atoms with Crippen molar-refractivity contribution in [2.75, 3.05) is 32.7 Å². The molecule has 1 aromatic rings. The molecule has 2 N–H and O–H groups in total. The van der Waals surface area contributed by atoms with Gasteiger partial charge in [0.2, 0.25) is 15.9 Å². The van der Waals surface area contributed by atoms with Crippen LogP contribution in [0.2, 0.25) is 0 Å². The van der Waals surface area contributed by atoms with Gasteiger partial charge in [0.05, 0.1) is 4.90 Å². The van der Waals surface area contributed by atoms with Crippen LogP contribution in [0.1, 0.15) is 26.2 Å². The summed E-state index contributed by atoms with van der Waals surface area (Å²) < 4.78 is 52.2. The highest BCUT2D eigenvalue weighted by atomic mass is 32.2. The molecule has 1 aromatic carbocycles. The van der Waals surface area contributed by atoms with Gasteiger partial charge in [-0.25, -0.2) is 21.9 Å². The van der Waals surface area contributed by atoms with Crippen molar-refractivity contribution < 1.29 is 22.0 Å². The van der Waals surface area contributed by atoms with Crippen molar-refractivity contribution in [3.8, 4) is 0 Å². The smallest absolute Gasteiger partial charge is 0.240 e. The molecule has 1 atom stereocenters. The highest BCUT2D eigenvalue weighted by Crippen LogP contribution is 2.13. The molecule has 6 nitrogen and oxygen atoms in total. The fourth-order valence-corrected chi connectivity index (χ4v) is 3.92. The Hall–Kier alpha value is -1.58. The van der Waals surface area contributed by atoms with Gasteiger partial charge in [0, 0.05) is 26.1 Å². The second kappa shape index (κ2) is 9.38. The third kappa shape index (κ3) is 6.30. The summed E-state index contributed by atoms with van der Waals surface area (Å²) >= 11 is 0. The number of halogens is 2. The zero-order valence-electron chi connectivity index (χ0n) is 14.8. The molecule has 26 heavy (non-hydrogen) atoms. The van der Waals surface area contributed by atoms with Gasteiger partial charge in [-0.3, -0.25) is 4.79 Å². The van der Waals surface area contributed by atoms with Crippen LogP contribution in [-0.2, 0) is 14.8 Å². The summed E-state index contributed by atoms with van der Waals surface area (Å²) in [5, 5.41) is 2.79. The number of benzene rings is 1. The Morgan fingerprint density at radius 3 is 2.58 bits per heavy atom. The summed E-state index contributed by atoms with van der Waals surface area (Å²) in [4.78, 5) is 13.8. The lowest BCUT2D eigenvalue weighted by Gasteiger charge is -2.20. The molecule has 0 aromatic heterocycles. The predicted octanol–water partition coefficient (Wildman–Crippen LogP) is 1.48. The van der Waals surface area contributed by atoms with Crippen LogP contribution in [0.3, 0.4) is 0 Å². The lowest BCUT2D eigenvalue weighted by molar-refractivity contribution is -0.121. The van der Waals surface area contributed by atoms with Gasteiger partial charge < -0.3 is 10.2 Å². The van der Waals surface area contributed by atoms with Crippen LogP contribution in [0.15, 0.2) is 23.1 Å². The van der Waals surface area contributed by atoms with Gasteiger partial charge in [0.15, 0.2) is 11.6 Å². The highest BCUT2D eigenvalue weighted by Gasteiger charge is 2.17. The van der Waals surface area contributed by atoms with Gasteiger partial charge >= 0.3 is 0 Å².